The van der Waals surface area contributed by atoms with Gasteiger partial charge in [0.15, 0.2) is 0 Å². The summed E-state index contributed by atoms with van der Waals surface area (Å²) in [6.45, 7) is 8.11. The second-order valence-corrected chi connectivity index (χ2v) is 9.12. The number of hydrogen-bond donors (Lipinski definition) is 4. The first-order valence-corrected chi connectivity index (χ1v) is 9.13. The maximum Gasteiger partial charge on any atom is 0.408 e. The van der Waals surface area contributed by atoms with Crippen molar-refractivity contribution in [2.45, 2.75) is 63.5 Å². The number of benzene rings is 1. The molecule has 0 spiro atoms. The van der Waals surface area contributed by atoms with Crippen LogP contribution in [0, 0.1) is 5.82 Å². The van der Waals surface area contributed by atoms with Crippen LogP contribution in [0.3, 0.4) is 0 Å². The summed E-state index contributed by atoms with van der Waals surface area (Å²) < 4.78 is 17.3. The standard InChI is InChI=1S/C19H27FN2O5S/c1-18(2,3)27-17(26)21-13(10-11-6-8-12(20)9-7-11)15(23)22-14(16(24)25)19(4,5)28/h6-9,13-14,28H,10H2,1-5H3,(H,21,26)(H,22,23)(H,24,25)/t13-,14+/m1/s1. The molecule has 2 amide bonds. The SMILES string of the molecule is CC(C)(C)OC(=O)N[C@H](Cc1ccc(F)cc1)C(=O)N[C@@H](C(=O)O)C(C)(C)S. The minimum absolute atomic E-state index is 0.0185. The molecule has 0 radical (unpaired) electrons. The fourth-order valence-corrected chi connectivity index (χ4v) is 2.47. The molecule has 156 valence electrons. The highest BCUT2D eigenvalue weighted by Crippen LogP contribution is 2.18. The Bertz CT molecular complexity index is 711. The van der Waals surface area contributed by atoms with Crippen molar-refractivity contribution in [1.29, 1.82) is 0 Å². The Balaban J connectivity index is 3.03. The van der Waals surface area contributed by atoms with Gasteiger partial charge in [-0.25, -0.2) is 14.0 Å². The van der Waals surface area contributed by atoms with Crippen LogP contribution in [0.25, 0.3) is 0 Å². The van der Waals surface area contributed by atoms with Gasteiger partial charge in [-0.15, -0.1) is 0 Å². The Hall–Kier alpha value is -2.29. The molecule has 0 fully saturated rings. The Morgan fingerprint density at radius 2 is 1.64 bits per heavy atom. The predicted molar refractivity (Wildman–Crippen MR) is 106 cm³/mol. The van der Waals surface area contributed by atoms with Crippen LogP contribution in [0.1, 0.15) is 40.2 Å². The van der Waals surface area contributed by atoms with Gasteiger partial charge >= 0.3 is 12.1 Å². The van der Waals surface area contributed by atoms with Crippen LogP contribution in [0.15, 0.2) is 24.3 Å². The van der Waals surface area contributed by atoms with Crippen molar-refractivity contribution < 1.29 is 28.6 Å². The maximum atomic E-state index is 13.1. The van der Waals surface area contributed by atoms with Crippen LogP contribution in [0.2, 0.25) is 0 Å². The molecule has 1 aromatic carbocycles. The summed E-state index contributed by atoms with van der Waals surface area (Å²) in [7, 11) is 0. The van der Waals surface area contributed by atoms with Crippen molar-refractivity contribution >= 4 is 30.6 Å². The summed E-state index contributed by atoms with van der Waals surface area (Å²) in [5.74, 6) is -2.41. The summed E-state index contributed by atoms with van der Waals surface area (Å²) in [5.41, 5.74) is -0.202. The average molecular weight is 414 g/mol. The van der Waals surface area contributed by atoms with Crippen molar-refractivity contribution in [3.63, 3.8) is 0 Å². The molecule has 0 aliphatic rings. The first-order valence-electron chi connectivity index (χ1n) is 8.68. The van der Waals surface area contributed by atoms with Gasteiger partial charge in [-0.3, -0.25) is 4.79 Å². The number of nitrogens with one attached hydrogen (secondary N) is 2. The van der Waals surface area contributed by atoms with Crippen LogP contribution in [0.4, 0.5) is 9.18 Å². The van der Waals surface area contributed by atoms with Crippen LogP contribution >= 0.6 is 12.6 Å². The van der Waals surface area contributed by atoms with E-state index in [-0.39, 0.29) is 6.42 Å². The molecule has 1 aromatic rings. The first-order chi connectivity index (χ1) is 12.7. The molecule has 3 N–H and O–H groups in total. The third-order valence-corrected chi connectivity index (χ3v) is 3.86. The fraction of sp³-hybridized carbons (Fsp3) is 0.526. The summed E-state index contributed by atoms with van der Waals surface area (Å²) in [6.07, 6.45) is -0.809. The molecule has 0 bridgehead atoms. The monoisotopic (exact) mass is 414 g/mol. The number of carboxylic acid groups (broad SMARTS) is 1. The zero-order chi connectivity index (χ0) is 21.7. The lowest BCUT2D eigenvalue weighted by Crippen LogP contribution is -2.57. The van der Waals surface area contributed by atoms with Gasteiger partial charge in [0.25, 0.3) is 0 Å². The van der Waals surface area contributed by atoms with E-state index >= 15 is 0 Å². The van der Waals surface area contributed by atoms with Gasteiger partial charge in [-0.05, 0) is 52.3 Å². The minimum atomic E-state index is -1.29. The van der Waals surface area contributed by atoms with Gasteiger partial charge < -0.3 is 20.5 Å². The second kappa shape index (κ2) is 9.27. The van der Waals surface area contributed by atoms with Crippen LogP contribution in [-0.4, -0.2) is 45.5 Å². The van der Waals surface area contributed by atoms with Gasteiger partial charge in [0.1, 0.15) is 23.5 Å². The van der Waals surface area contributed by atoms with E-state index in [4.69, 9.17) is 4.74 Å². The molecule has 1 rings (SSSR count). The average Bonchev–Trinajstić information content (AvgIpc) is 2.50. The van der Waals surface area contributed by atoms with E-state index in [1.165, 1.54) is 24.3 Å². The number of carboxylic acids is 1. The summed E-state index contributed by atoms with van der Waals surface area (Å²) in [6, 6.07) is 2.99. The Kier molecular flexibility index (Phi) is 7.86. The van der Waals surface area contributed by atoms with E-state index in [1.54, 1.807) is 34.6 Å². The number of amides is 2. The van der Waals surface area contributed by atoms with Gasteiger partial charge in [0.2, 0.25) is 5.91 Å². The van der Waals surface area contributed by atoms with Crippen molar-refractivity contribution in [3.8, 4) is 0 Å². The van der Waals surface area contributed by atoms with E-state index in [2.05, 4.69) is 23.3 Å². The number of carbonyl (C=O) groups excluding carboxylic acids is 2. The molecule has 0 aliphatic heterocycles. The lowest BCUT2D eigenvalue weighted by Gasteiger charge is -2.29. The van der Waals surface area contributed by atoms with E-state index in [9.17, 15) is 23.9 Å². The van der Waals surface area contributed by atoms with Crippen LogP contribution < -0.4 is 10.6 Å². The quantitative estimate of drug-likeness (QED) is 0.513. The second-order valence-electron chi connectivity index (χ2n) is 7.96. The number of carbonyl (C=O) groups is 3. The van der Waals surface area contributed by atoms with E-state index in [0.717, 1.165) is 0 Å². The van der Waals surface area contributed by atoms with Gasteiger partial charge in [-0.1, -0.05) is 12.1 Å². The largest absolute Gasteiger partial charge is 0.480 e. The number of ether oxygens (including phenoxy) is 1. The zero-order valence-electron chi connectivity index (χ0n) is 16.6. The highest BCUT2D eigenvalue weighted by Gasteiger charge is 2.36. The number of thiol groups is 1. The molecule has 2 atom stereocenters. The number of hydrogen-bond acceptors (Lipinski definition) is 5. The molecule has 0 heterocycles. The van der Waals surface area contributed by atoms with E-state index in [0.29, 0.717) is 5.56 Å². The Morgan fingerprint density at radius 3 is 2.07 bits per heavy atom. The third kappa shape index (κ3) is 8.16. The Morgan fingerprint density at radius 1 is 1.11 bits per heavy atom. The summed E-state index contributed by atoms with van der Waals surface area (Å²) in [5, 5.41) is 14.2. The lowest BCUT2D eigenvalue weighted by molar-refractivity contribution is -0.142. The molecular weight excluding hydrogens is 387 g/mol. The van der Waals surface area contributed by atoms with E-state index < -0.39 is 46.2 Å². The number of rotatable bonds is 7. The van der Waals surface area contributed by atoms with Crippen molar-refractivity contribution in [2.75, 3.05) is 0 Å². The molecule has 0 unspecified atom stereocenters. The molecule has 28 heavy (non-hydrogen) atoms. The molecular formula is C19H27FN2O5S. The van der Waals surface area contributed by atoms with Crippen molar-refractivity contribution in [3.05, 3.63) is 35.6 Å². The Labute approximate surface area is 169 Å². The van der Waals surface area contributed by atoms with Crippen molar-refractivity contribution in [2.24, 2.45) is 0 Å². The lowest BCUT2D eigenvalue weighted by atomic mass is 10.0. The molecule has 0 saturated carbocycles. The zero-order valence-corrected chi connectivity index (χ0v) is 17.5. The molecule has 0 aromatic heterocycles. The minimum Gasteiger partial charge on any atom is -0.480 e. The normalized spacial score (nSPS) is 14.0. The van der Waals surface area contributed by atoms with Gasteiger partial charge in [-0.2, -0.15) is 12.6 Å². The first kappa shape index (κ1) is 23.7. The topological polar surface area (TPSA) is 105 Å². The summed E-state index contributed by atoms with van der Waals surface area (Å²) in [4.78, 5) is 36.3. The van der Waals surface area contributed by atoms with Gasteiger partial charge in [0.05, 0.1) is 0 Å². The van der Waals surface area contributed by atoms with Crippen LogP contribution in [-0.2, 0) is 20.7 Å². The van der Waals surface area contributed by atoms with E-state index in [1.807, 2.05) is 0 Å². The molecule has 0 aliphatic carbocycles. The number of alkyl carbamates (subject to hydrolysis) is 1. The maximum absolute atomic E-state index is 13.1. The fourth-order valence-electron chi connectivity index (χ4n) is 2.30. The smallest absolute Gasteiger partial charge is 0.408 e. The van der Waals surface area contributed by atoms with Crippen LogP contribution in [0.5, 0.6) is 0 Å². The highest BCUT2D eigenvalue weighted by molar-refractivity contribution is 7.81. The molecule has 0 saturated heterocycles. The summed E-state index contributed by atoms with van der Waals surface area (Å²) >= 11 is 4.22. The molecule has 9 heteroatoms. The highest BCUT2D eigenvalue weighted by atomic mass is 32.1. The third-order valence-electron chi connectivity index (χ3n) is 3.60. The predicted octanol–water partition coefficient (Wildman–Crippen LogP) is 2.54. The van der Waals surface area contributed by atoms with Gasteiger partial charge in [0, 0.05) is 11.2 Å². The molecule has 7 nitrogen and oxygen atoms in total. The number of halogens is 1. The number of aliphatic carboxylic acids is 1. The van der Waals surface area contributed by atoms with Crippen molar-refractivity contribution in [1.82, 2.24) is 10.6 Å².